The van der Waals surface area contributed by atoms with Crippen LogP contribution in [0.5, 0.6) is 0 Å². The van der Waals surface area contributed by atoms with Crippen LogP contribution in [0.1, 0.15) is 23.1 Å². The van der Waals surface area contributed by atoms with E-state index in [9.17, 15) is 4.79 Å². The largest absolute Gasteiger partial charge is 0.445 e. The molecule has 2 N–H and O–H groups in total. The van der Waals surface area contributed by atoms with Gasteiger partial charge in [0.1, 0.15) is 6.61 Å². The molecule has 0 unspecified atom stereocenters. The highest BCUT2D eigenvalue weighted by Crippen LogP contribution is 2.16. The number of hydrogen-bond donors (Lipinski definition) is 2. The van der Waals surface area contributed by atoms with Gasteiger partial charge in [0, 0.05) is 23.9 Å². The summed E-state index contributed by atoms with van der Waals surface area (Å²) in [5, 5.41) is 10.7. The van der Waals surface area contributed by atoms with Crippen LogP contribution in [0.2, 0.25) is 0 Å². The molecule has 1 amide bonds. The molecule has 0 saturated carbocycles. The molecule has 0 aliphatic rings. The number of hydrogen-bond acceptors (Lipinski definition) is 3. The number of carbonyl (C=O) groups is 1. The highest BCUT2D eigenvalue weighted by molar-refractivity contribution is 5.80. The topological polar surface area (TPSA) is 67.0 Å². The number of aromatic amines is 1. The zero-order valence-corrected chi connectivity index (χ0v) is 14.0. The third-order valence-electron chi connectivity index (χ3n) is 3.74. The van der Waals surface area contributed by atoms with Crippen LogP contribution in [-0.4, -0.2) is 22.8 Å². The Morgan fingerprint density at radius 2 is 2.12 bits per heavy atom. The number of rotatable bonds is 4. The minimum Gasteiger partial charge on any atom is -0.445 e. The molecule has 0 aliphatic heterocycles. The van der Waals surface area contributed by atoms with E-state index < -0.39 is 6.09 Å². The maximum atomic E-state index is 11.6. The van der Waals surface area contributed by atoms with Gasteiger partial charge in [-0.2, -0.15) is 5.10 Å². The van der Waals surface area contributed by atoms with Crippen molar-refractivity contribution in [1.82, 2.24) is 15.5 Å². The third kappa shape index (κ3) is 4.61. The van der Waals surface area contributed by atoms with Gasteiger partial charge in [-0.3, -0.25) is 5.10 Å². The molecule has 5 heteroatoms. The number of aromatic nitrogens is 2. The lowest BCUT2D eigenvalue weighted by Crippen LogP contribution is -2.24. The van der Waals surface area contributed by atoms with Crippen molar-refractivity contribution in [3.05, 3.63) is 65.4 Å². The predicted molar refractivity (Wildman–Crippen MR) is 97.0 cm³/mol. The van der Waals surface area contributed by atoms with Crippen molar-refractivity contribution in [1.29, 1.82) is 0 Å². The second kappa shape index (κ2) is 8.02. The minimum atomic E-state index is -0.429. The lowest BCUT2D eigenvalue weighted by Gasteiger charge is -2.05. The molecular formula is C20H19N3O2. The third-order valence-corrected chi connectivity index (χ3v) is 3.74. The number of amides is 1. The van der Waals surface area contributed by atoms with E-state index in [-0.39, 0.29) is 6.61 Å². The van der Waals surface area contributed by atoms with Crippen LogP contribution in [0, 0.1) is 18.8 Å². The summed E-state index contributed by atoms with van der Waals surface area (Å²) < 4.78 is 5.14. The normalized spacial score (nSPS) is 10.1. The fraction of sp³-hybridized carbons (Fsp3) is 0.200. The quantitative estimate of drug-likeness (QED) is 0.567. The summed E-state index contributed by atoms with van der Waals surface area (Å²) >= 11 is 0. The molecule has 0 saturated heterocycles. The van der Waals surface area contributed by atoms with Gasteiger partial charge >= 0.3 is 6.09 Å². The SMILES string of the molecule is Cc1cc2[nH]ncc2cc1C#CCCNC(=O)OCc1ccccc1. The lowest BCUT2D eigenvalue weighted by atomic mass is 10.1. The summed E-state index contributed by atoms with van der Waals surface area (Å²) in [5.74, 6) is 6.22. The molecule has 5 nitrogen and oxygen atoms in total. The lowest BCUT2D eigenvalue weighted by molar-refractivity contribution is 0.140. The summed E-state index contributed by atoms with van der Waals surface area (Å²) in [6, 6.07) is 13.6. The van der Waals surface area contributed by atoms with E-state index in [4.69, 9.17) is 4.74 Å². The van der Waals surface area contributed by atoms with Gasteiger partial charge in [-0.25, -0.2) is 4.79 Å². The van der Waals surface area contributed by atoms with E-state index in [2.05, 4.69) is 27.4 Å². The first-order valence-electron chi connectivity index (χ1n) is 8.09. The van der Waals surface area contributed by atoms with Crippen LogP contribution in [0.3, 0.4) is 0 Å². The highest BCUT2D eigenvalue weighted by atomic mass is 16.5. The Hall–Kier alpha value is -3.26. The number of carbonyl (C=O) groups excluding carboxylic acids is 1. The number of benzene rings is 2. The first kappa shape index (κ1) is 16.6. The van der Waals surface area contributed by atoms with Crippen molar-refractivity contribution in [2.45, 2.75) is 20.0 Å². The Bertz CT molecular complexity index is 920. The molecular weight excluding hydrogens is 314 g/mol. The van der Waals surface area contributed by atoms with Gasteiger partial charge in [0.2, 0.25) is 0 Å². The molecule has 0 fully saturated rings. The van der Waals surface area contributed by atoms with E-state index in [1.807, 2.05) is 49.4 Å². The Balaban J connectivity index is 1.44. The van der Waals surface area contributed by atoms with Crippen molar-refractivity contribution < 1.29 is 9.53 Å². The van der Waals surface area contributed by atoms with E-state index in [0.29, 0.717) is 13.0 Å². The van der Waals surface area contributed by atoms with E-state index in [1.54, 1.807) is 6.20 Å². The number of aryl methyl sites for hydroxylation is 1. The van der Waals surface area contributed by atoms with E-state index in [1.165, 1.54) is 0 Å². The molecule has 3 aromatic rings. The van der Waals surface area contributed by atoms with Crippen molar-refractivity contribution in [3.63, 3.8) is 0 Å². The minimum absolute atomic E-state index is 0.266. The molecule has 0 bridgehead atoms. The van der Waals surface area contributed by atoms with Crippen molar-refractivity contribution in [2.75, 3.05) is 6.54 Å². The maximum Gasteiger partial charge on any atom is 0.407 e. The Morgan fingerprint density at radius 1 is 1.28 bits per heavy atom. The number of ether oxygens (including phenoxy) is 1. The van der Waals surface area contributed by atoms with Crippen LogP contribution in [0.4, 0.5) is 4.79 Å². The number of H-pyrrole nitrogens is 1. The Morgan fingerprint density at radius 3 is 2.96 bits per heavy atom. The fourth-order valence-corrected chi connectivity index (χ4v) is 2.39. The second-order valence-corrected chi connectivity index (χ2v) is 5.66. The van der Waals surface area contributed by atoms with Gasteiger partial charge in [0.05, 0.1) is 11.7 Å². The molecule has 0 atom stereocenters. The van der Waals surface area contributed by atoms with Crippen molar-refractivity contribution >= 4 is 17.0 Å². The van der Waals surface area contributed by atoms with Crippen LogP contribution in [0.25, 0.3) is 10.9 Å². The molecule has 0 radical (unpaired) electrons. The molecule has 1 aromatic heterocycles. The summed E-state index contributed by atoms with van der Waals surface area (Å²) in [5.41, 5.74) is 4.04. The Labute approximate surface area is 146 Å². The summed E-state index contributed by atoms with van der Waals surface area (Å²) in [7, 11) is 0. The van der Waals surface area contributed by atoms with Crippen LogP contribution in [-0.2, 0) is 11.3 Å². The predicted octanol–water partition coefficient (Wildman–Crippen LogP) is 3.54. The monoisotopic (exact) mass is 333 g/mol. The number of fused-ring (bicyclic) bond motifs is 1. The number of alkyl carbamates (subject to hydrolysis) is 1. The fourth-order valence-electron chi connectivity index (χ4n) is 2.39. The second-order valence-electron chi connectivity index (χ2n) is 5.66. The van der Waals surface area contributed by atoms with Crippen LogP contribution >= 0.6 is 0 Å². The molecule has 3 rings (SSSR count). The molecule has 0 aliphatic carbocycles. The van der Waals surface area contributed by atoms with Crippen molar-refractivity contribution in [2.24, 2.45) is 0 Å². The zero-order chi connectivity index (χ0) is 17.5. The van der Waals surface area contributed by atoms with Gasteiger partial charge in [0.15, 0.2) is 0 Å². The molecule has 2 aromatic carbocycles. The number of nitrogens with zero attached hydrogens (tertiary/aromatic N) is 1. The first-order valence-corrected chi connectivity index (χ1v) is 8.09. The summed E-state index contributed by atoms with van der Waals surface area (Å²) in [6.07, 6.45) is 1.91. The average molecular weight is 333 g/mol. The van der Waals surface area contributed by atoms with Crippen LogP contribution in [0.15, 0.2) is 48.7 Å². The highest BCUT2D eigenvalue weighted by Gasteiger charge is 2.02. The summed E-state index contributed by atoms with van der Waals surface area (Å²) in [4.78, 5) is 11.6. The van der Waals surface area contributed by atoms with E-state index in [0.717, 1.165) is 27.6 Å². The average Bonchev–Trinajstić information content (AvgIpc) is 3.07. The zero-order valence-electron chi connectivity index (χ0n) is 14.0. The molecule has 126 valence electrons. The van der Waals surface area contributed by atoms with Crippen molar-refractivity contribution in [3.8, 4) is 11.8 Å². The first-order chi connectivity index (χ1) is 12.2. The Kier molecular flexibility index (Phi) is 5.32. The maximum absolute atomic E-state index is 11.6. The standard InChI is InChI=1S/C20H19N3O2/c1-15-11-19-18(13-22-23-19)12-17(15)9-5-6-10-21-20(24)25-14-16-7-3-2-4-8-16/h2-4,7-8,11-13H,6,10,14H2,1H3,(H,21,24)(H,22,23). The number of nitrogens with one attached hydrogen (secondary N) is 2. The smallest absolute Gasteiger partial charge is 0.407 e. The van der Waals surface area contributed by atoms with Gasteiger partial charge in [0.25, 0.3) is 0 Å². The molecule has 0 spiro atoms. The van der Waals surface area contributed by atoms with Gasteiger partial charge < -0.3 is 10.1 Å². The molecule has 25 heavy (non-hydrogen) atoms. The summed E-state index contributed by atoms with van der Waals surface area (Å²) in [6.45, 7) is 2.74. The van der Waals surface area contributed by atoms with Gasteiger partial charge in [-0.05, 0) is 30.2 Å². The van der Waals surface area contributed by atoms with Gasteiger partial charge in [-0.15, -0.1) is 0 Å². The van der Waals surface area contributed by atoms with Crippen LogP contribution < -0.4 is 5.32 Å². The van der Waals surface area contributed by atoms with E-state index >= 15 is 0 Å². The van der Waals surface area contributed by atoms with Gasteiger partial charge in [-0.1, -0.05) is 42.2 Å². The molecule has 1 heterocycles.